The van der Waals surface area contributed by atoms with E-state index in [1.807, 2.05) is 55.5 Å². The second-order valence-electron chi connectivity index (χ2n) is 7.27. The Balaban J connectivity index is 1.54. The van der Waals surface area contributed by atoms with E-state index in [9.17, 15) is 9.59 Å². The van der Waals surface area contributed by atoms with E-state index in [0.717, 1.165) is 11.3 Å². The Hall–Kier alpha value is -4.05. The molecule has 34 heavy (non-hydrogen) atoms. The van der Waals surface area contributed by atoms with E-state index >= 15 is 0 Å². The molecule has 2 amide bonds. The van der Waals surface area contributed by atoms with E-state index < -0.39 is 0 Å². The molecular formula is C24H23N5O4S. The number of anilines is 1. The fraction of sp³-hybridized carbons (Fsp3) is 0.167. The number of nitrogens with zero attached hydrogens (tertiary/aromatic N) is 3. The second kappa shape index (κ2) is 10.7. The minimum Gasteiger partial charge on any atom is -0.495 e. The van der Waals surface area contributed by atoms with Gasteiger partial charge in [0.2, 0.25) is 5.91 Å². The van der Waals surface area contributed by atoms with Crippen molar-refractivity contribution >= 4 is 29.3 Å². The summed E-state index contributed by atoms with van der Waals surface area (Å²) in [6.07, 6.45) is 1.43. The highest BCUT2D eigenvalue weighted by atomic mass is 32.2. The van der Waals surface area contributed by atoms with Crippen LogP contribution in [0.25, 0.3) is 5.69 Å². The molecule has 2 aromatic carbocycles. The van der Waals surface area contributed by atoms with Crippen molar-refractivity contribution in [3.05, 3.63) is 84.1 Å². The number of aromatic nitrogens is 3. The SMILES string of the molecule is COc1ccccc1-n1c(CNC(=O)c2ccco2)nnc1SCC(=O)Nc1cccc(C)c1. The van der Waals surface area contributed by atoms with Gasteiger partial charge in [0, 0.05) is 5.69 Å². The first-order chi connectivity index (χ1) is 16.5. The number of methoxy groups -OCH3 is 1. The van der Waals surface area contributed by atoms with Crippen LogP contribution in [-0.4, -0.2) is 39.4 Å². The van der Waals surface area contributed by atoms with Crippen molar-refractivity contribution in [3.8, 4) is 11.4 Å². The zero-order valence-corrected chi connectivity index (χ0v) is 19.5. The molecule has 0 unspecified atom stereocenters. The predicted octanol–water partition coefficient (Wildman–Crippen LogP) is 3.84. The van der Waals surface area contributed by atoms with Gasteiger partial charge in [-0.15, -0.1) is 10.2 Å². The minimum atomic E-state index is -0.369. The highest BCUT2D eigenvalue weighted by Gasteiger charge is 2.20. The van der Waals surface area contributed by atoms with Crippen molar-refractivity contribution in [2.45, 2.75) is 18.6 Å². The number of para-hydroxylation sites is 2. The molecule has 4 rings (SSSR count). The van der Waals surface area contributed by atoms with Crippen LogP contribution in [0, 0.1) is 6.92 Å². The number of aryl methyl sites for hydroxylation is 1. The van der Waals surface area contributed by atoms with Gasteiger partial charge in [0.1, 0.15) is 5.75 Å². The number of nitrogens with one attached hydrogen (secondary N) is 2. The molecule has 10 heteroatoms. The number of hydrogen-bond donors (Lipinski definition) is 2. The number of amides is 2. The summed E-state index contributed by atoms with van der Waals surface area (Å²) in [5.41, 5.74) is 2.49. The molecule has 0 fully saturated rings. The summed E-state index contributed by atoms with van der Waals surface area (Å²) in [7, 11) is 1.57. The summed E-state index contributed by atoms with van der Waals surface area (Å²) in [5.74, 6) is 0.868. The maximum absolute atomic E-state index is 12.5. The highest BCUT2D eigenvalue weighted by molar-refractivity contribution is 7.99. The summed E-state index contributed by atoms with van der Waals surface area (Å²) in [5, 5.41) is 14.7. The van der Waals surface area contributed by atoms with Crippen LogP contribution in [0.1, 0.15) is 21.9 Å². The first kappa shape index (κ1) is 23.1. The molecule has 174 valence electrons. The lowest BCUT2D eigenvalue weighted by Crippen LogP contribution is -2.24. The van der Waals surface area contributed by atoms with E-state index in [1.54, 1.807) is 23.8 Å². The molecule has 2 aromatic heterocycles. The van der Waals surface area contributed by atoms with Crippen LogP contribution in [0.4, 0.5) is 5.69 Å². The number of rotatable bonds is 9. The van der Waals surface area contributed by atoms with Gasteiger partial charge in [-0.1, -0.05) is 36.0 Å². The molecule has 0 saturated carbocycles. The van der Waals surface area contributed by atoms with Crippen LogP contribution in [-0.2, 0) is 11.3 Å². The topological polar surface area (TPSA) is 111 Å². The Kier molecular flexibility index (Phi) is 7.28. The molecule has 2 heterocycles. The van der Waals surface area contributed by atoms with Gasteiger partial charge < -0.3 is 19.8 Å². The quantitative estimate of drug-likeness (QED) is 0.352. The molecule has 0 aliphatic carbocycles. The number of furan rings is 1. The molecule has 0 radical (unpaired) electrons. The number of carbonyl (C=O) groups is 2. The summed E-state index contributed by atoms with van der Waals surface area (Å²) >= 11 is 1.24. The number of thioether (sulfide) groups is 1. The third kappa shape index (κ3) is 5.46. The lowest BCUT2D eigenvalue weighted by atomic mass is 10.2. The van der Waals surface area contributed by atoms with Crippen LogP contribution in [0.15, 0.2) is 76.5 Å². The number of ether oxygens (including phenoxy) is 1. The molecule has 0 aliphatic rings. The standard InChI is InChI=1S/C24H23N5O4S/c1-16-7-5-8-17(13-16)26-22(30)15-34-24-28-27-21(14-25-23(31)20-11-6-12-33-20)29(24)18-9-3-4-10-19(18)32-2/h3-13H,14-15H2,1-2H3,(H,25,31)(H,26,30). The fourth-order valence-electron chi connectivity index (χ4n) is 3.27. The van der Waals surface area contributed by atoms with Crippen LogP contribution >= 0.6 is 11.8 Å². The normalized spacial score (nSPS) is 10.6. The van der Waals surface area contributed by atoms with E-state index in [2.05, 4.69) is 20.8 Å². The molecular weight excluding hydrogens is 454 g/mol. The lowest BCUT2D eigenvalue weighted by Gasteiger charge is -2.14. The largest absolute Gasteiger partial charge is 0.495 e. The maximum atomic E-state index is 12.5. The first-order valence-corrected chi connectivity index (χ1v) is 11.4. The van der Waals surface area contributed by atoms with Crippen LogP contribution in [0.2, 0.25) is 0 Å². The molecule has 0 aliphatic heterocycles. The van der Waals surface area contributed by atoms with Gasteiger partial charge in [0.15, 0.2) is 16.7 Å². The molecule has 4 aromatic rings. The third-order valence-electron chi connectivity index (χ3n) is 4.81. The molecule has 2 N–H and O–H groups in total. The second-order valence-corrected chi connectivity index (χ2v) is 8.21. The fourth-order valence-corrected chi connectivity index (χ4v) is 4.03. The Morgan fingerprint density at radius 3 is 2.71 bits per heavy atom. The van der Waals surface area contributed by atoms with Crippen molar-refractivity contribution in [1.82, 2.24) is 20.1 Å². The Morgan fingerprint density at radius 1 is 1.09 bits per heavy atom. The Morgan fingerprint density at radius 2 is 1.94 bits per heavy atom. The Bertz CT molecular complexity index is 1290. The average molecular weight is 478 g/mol. The van der Waals surface area contributed by atoms with E-state index in [0.29, 0.717) is 22.4 Å². The zero-order chi connectivity index (χ0) is 23.9. The predicted molar refractivity (Wildman–Crippen MR) is 128 cm³/mol. The Labute approximate surface area is 200 Å². The monoisotopic (exact) mass is 477 g/mol. The summed E-state index contributed by atoms with van der Waals surface area (Å²) in [6.45, 7) is 2.06. The van der Waals surface area contributed by atoms with Gasteiger partial charge >= 0.3 is 0 Å². The molecule has 0 bridgehead atoms. The van der Waals surface area contributed by atoms with Gasteiger partial charge in [0.25, 0.3) is 5.91 Å². The molecule has 0 atom stereocenters. The van der Waals surface area contributed by atoms with Gasteiger partial charge in [-0.2, -0.15) is 0 Å². The molecule has 0 spiro atoms. The highest BCUT2D eigenvalue weighted by Crippen LogP contribution is 2.28. The van der Waals surface area contributed by atoms with Crippen molar-refractivity contribution in [1.29, 1.82) is 0 Å². The molecule has 9 nitrogen and oxygen atoms in total. The van der Waals surface area contributed by atoms with Crippen LogP contribution in [0.3, 0.4) is 0 Å². The van der Waals surface area contributed by atoms with Gasteiger partial charge in [-0.25, -0.2) is 0 Å². The summed E-state index contributed by atoms with van der Waals surface area (Å²) in [4.78, 5) is 24.9. The zero-order valence-electron chi connectivity index (χ0n) is 18.6. The van der Waals surface area contributed by atoms with E-state index in [4.69, 9.17) is 9.15 Å². The maximum Gasteiger partial charge on any atom is 0.287 e. The lowest BCUT2D eigenvalue weighted by molar-refractivity contribution is -0.113. The van der Waals surface area contributed by atoms with Crippen molar-refractivity contribution in [3.63, 3.8) is 0 Å². The van der Waals surface area contributed by atoms with Gasteiger partial charge in [-0.3, -0.25) is 14.2 Å². The summed E-state index contributed by atoms with van der Waals surface area (Å²) < 4.78 is 12.4. The number of carbonyl (C=O) groups excluding carboxylic acids is 2. The minimum absolute atomic E-state index is 0.0978. The van der Waals surface area contributed by atoms with Gasteiger partial charge in [-0.05, 0) is 48.9 Å². The first-order valence-electron chi connectivity index (χ1n) is 10.4. The molecule has 0 saturated heterocycles. The van der Waals surface area contributed by atoms with Gasteiger partial charge in [0.05, 0.1) is 31.4 Å². The third-order valence-corrected chi connectivity index (χ3v) is 5.74. The number of benzene rings is 2. The van der Waals surface area contributed by atoms with Crippen molar-refractivity contribution in [2.75, 3.05) is 18.2 Å². The van der Waals surface area contributed by atoms with Crippen LogP contribution < -0.4 is 15.4 Å². The average Bonchev–Trinajstić information content (AvgIpc) is 3.51. The summed E-state index contributed by atoms with van der Waals surface area (Å²) in [6, 6.07) is 18.2. The van der Waals surface area contributed by atoms with E-state index in [1.165, 1.54) is 18.0 Å². The van der Waals surface area contributed by atoms with Crippen molar-refractivity contribution in [2.24, 2.45) is 0 Å². The smallest absolute Gasteiger partial charge is 0.287 e. The van der Waals surface area contributed by atoms with Crippen LogP contribution in [0.5, 0.6) is 5.75 Å². The van der Waals surface area contributed by atoms with Crippen molar-refractivity contribution < 1.29 is 18.7 Å². The van der Waals surface area contributed by atoms with E-state index in [-0.39, 0.29) is 29.9 Å². The number of hydrogen-bond acceptors (Lipinski definition) is 7.